The Hall–Kier alpha value is -3.14. The standard InChI is InChI=1S/C19H17F2N3O4S/c20-19(21)29(27,28)15-9-4-3-8-14(15)23-17(25)11-5-10-16-22-13-7-2-1-6-12(13)18(26)24-16/h1-4,6-9,19H,5,10-11H2,(H,23,25)(H,22,24,26). The van der Waals surface area contributed by atoms with Crippen LogP contribution in [0.4, 0.5) is 14.5 Å². The van der Waals surface area contributed by atoms with E-state index in [1.165, 1.54) is 18.2 Å². The molecule has 1 aromatic heterocycles. The number of benzene rings is 2. The molecule has 2 N–H and O–H groups in total. The topological polar surface area (TPSA) is 109 Å². The molecule has 0 saturated heterocycles. The second-order valence-electron chi connectivity index (χ2n) is 6.23. The molecule has 3 rings (SSSR count). The molecule has 0 bridgehead atoms. The summed E-state index contributed by atoms with van der Waals surface area (Å²) >= 11 is 0. The number of nitrogens with one attached hydrogen (secondary N) is 2. The number of aryl methyl sites for hydroxylation is 1. The van der Waals surface area contributed by atoms with Crippen molar-refractivity contribution in [1.82, 2.24) is 9.97 Å². The number of fused-ring (bicyclic) bond motifs is 1. The normalized spacial score (nSPS) is 11.7. The molecule has 0 spiro atoms. The Bertz CT molecular complexity index is 1210. The lowest BCUT2D eigenvalue weighted by Crippen LogP contribution is -2.18. The van der Waals surface area contributed by atoms with Gasteiger partial charge in [0.2, 0.25) is 15.7 Å². The summed E-state index contributed by atoms with van der Waals surface area (Å²) in [7, 11) is -4.84. The summed E-state index contributed by atoms with van der Waals surface area (Å²) < 4.78 is 49.1. The lowest BCUT2D eigenvalue weighted by molar-refractivity contribution is -0.116. The number of aromatic nitrogens is 2. The minimum Gasteiger partial charge on any atom is -0.325 e. The first-order valence-electron chi connectivity index (χ1n) is 8.68. The van der Waals surface area contributed by atoms with Crippen LogP contribution in [0.3, 0.4) is 0 Å². The van der Waals surface area contributed by atoms with Crippen molar-refractivity contribution in [3.63, 3.8) is 0 Å². The number of alkyl halides is 2. The van der Waals surface area contributed by atoms with E-state index in [0.717, 1.165) is 6.07 Å². The highest BCUT2D eigenvalue weighted by Crippen LogP contribution is 2.26. The molecule has 29 heavy (non-hydrogen) atoms. The molecule has 0 aliphatic rings. The Morgan fingerprint density at radius 2 is 1.79 bits per heavy atom. The second-order valence-corrected chi connectivity index (χ2v) is 8.12. The van der Waals surface area contributed by atoms with Gasteiger partial charge in [0.1, 0.15) is 5.82 Å². The number of nitrogens with zero attached hydrogens (tertiary/aromatic N) is 1. The SMILES string of the molecule is O=C(CCCc1nc2ccccc2c(=O)[nH]1)Nc1ccccc1S(=O)(=O)C(F)F. The molecule has 0 atom stereocenters. The fraction of sp³-hybridized carbons (Fsp3) is 0.211. The molecular weight excluding hydrogens is 404 g/mol. The van der Waals surface area contributed by atoms with E-state index < -0.39 is 26.4 Å². The second kappa shape index (κ2) is 8.48. The number of sulfone groups is 1. The molecule has 7 nitrogen and oxygen atoms in total. The van der Waals surface area contributed by atoms with Crippen LogP contribution in [0.1, 0.15) is 18.7 Å². The highest BCUT2D eigenvalue weighted by atomic mass is 32.2. The van der Waals surface area contributed by atoms with Gasteiger partial charge in [-0.05, 0) is 30.7 Å². The van der Waals surface area contributed by atoms with E-state index in [-0.39, 0.29) is 17.7 Å². The van der Waals surface area contributed by atoms with Gasteiger partial charge in [0.15, 0.2) is 0 Å². The molecule has 0 saturated carbocycles. The van der Waals surface area contributed by atoms with E-state index in [0.29, 0.717) is 29.6 Å². The van der Waals surface area contributed by atoms with Gasteiger partial charge >= 0.3 is 5.76 Å². The zero-order valence-electron chi connectivity index (χ0n) is 15.1. The first-order chi connectivity index (χ1) is 13.8. The maximum Gasteiger partial charge on any atom is 0.341 e. The van der Waals surface area contributed by atoms with E-state index in [2.05, 4.69) is 15.3 Å². The molecule has 3 aromatic rings. The van der Waals surface area contributed by atoms with Gasteiger partial charge in [-0.3, -0.25) is 9.59 Å². The van der Waals surface area contributed by atoms with Gasteiger partial charge in [-0.25, -0.2) is 13.4 Å². The quantitative estimate of drug-likeness (QED) is 0.610. The van der Waals surface area contributed by atoms with E-state index in [1.54, 1.807) is 24.3 Å². The lowest BCUT2D eigenvalue weighted by Gasteiger charge is -2.11. The van der Waals surface area contributed by atoms with Crippen molar-refractivity contribution in [2.45, 2.75) is 29.9 Å². The van der Waals surface area contributed by atoms with Gasteiger partial charge in [0, 0.05) is 12.8 Å². The van der Waals surface area contributed by atoms with Crippen LogP contribution in [-0.2, 0) is 21.1 Å². The van der Waals surface area contributed by atoms with Gasteiger partial charge in [0.25, 0.3) is 5.56 Å². The number of rotatable bonds is 7. The number of aromatic amines is 1. The summed E-state index contributed by atoms with van der Waals surface area (Å²) in [5.74, 6) is -3.71. The van der Waals surface area contributed by atoms with Crippen LogP contribution in [0.2, 0.25) is 0 Å². The van der Waals surface area contributed by atoms with E-state index in [1.807, 2.05) is 0 Å². The zero-order valence-corrected chi connectivity index (χ0v) is 15.9. The number of carbonyl (C=O) groups is 1. The van der Waals surface area contributed by atoms with Crippen LogP contribution in [0.25, 0.3) is 10.9 Å². The molecule has 1 heterocycles. The number of H-pyrrole nitrogens is 1. The first-order valence-corrected chi connectivity index (χ1v) is 10.2. The van der Waals surface area contributed by atoms with E-state index in [4.69, 9.17) is 0 Å². The van der Waals surface area contributed by atoms with Crippen LogP contribution >= 0.6 is 0 Å². The Balaban J connectivity index is 1.65. The Kier molecular flexibility index (Phi) is 6.02. The summed E-state index contributed by atoms with van der Waals surface area (Å²) in [5, 5.41) is 2.82. The van der Waals surface area contributed by atoms with Gasteiger partial charge in [-0.2, -0.15) is 8.78 Å². The Morgan fingerprint density at radius 1 is 1.10 bits per heavy atom. The van der Waals surface area contributed by atoms with Crippen molar-refractivity contribution in [1.29, 1.82) is 0 Å². The van der Waals surface area contributed by atoms with Crippen LogP contribution in [-0.4, -0.2) is 30.1 Å². The fourth-order valence-corrected chi connectivity index (χ4v) is 3.68. The number of hydrogen-bond donors (Lipinski definition) is 2. The Labute approximate surface area is 164 Å². The maximum absolute atomic E-state index is 12.8. The average molecular weight is 421 g/mol. The summed E-state index contributed by atoms with van der Waals surface area (Å²) in [5.41, 5.74) is 0.0676. The van der Waals surface area contributed by atoms with E-state index >= 15 is 0 Å². The van der Waals surface area contributed by atoms with Crippen molar-refractivity contribution < 1.29 is 22.0 Å². The molecule has 0 aliphatic heterocycles. The van der Waals surface area contributed by atoms with Gasteiger partial charge in [-0.15, -0.1) is 0 Å². The summed E-state index contributed by atoms with van der Waals surface area (Å²) in [6.07, 6.45) is 0.612. The third kappa shape index (κ3) is 4.65. The van der Waals surface area contributed by atoms with Crippen molar-refractivity contribution >= 4 is 32.3 Å². The van der Waals surface area contributed by atoms with Crippen molar-refractivity contribution in [3.05, 3.63) is 64.7 Å². The fourth-order valence-electron chi connectivity index (χ4n) is 2.80. The monoisotopic (exact) mass is 421 g/mol. The zero-order chi connectivity index (χ0) is 21.0. The summed E-state index contributed by atoms with van der Waals surface area (Å²) in [6.45, 7) is 0. The number of halogens is 2. The molecule has 0 fully saturated rings. The van der Waals surface area contributed by atoms with Crippen molar-refractivity contribution in [3.8, 4) is 0 Å². The number of amides is 1. The molecule has 0 aliphatic carbocycles. The Morgan fingerprint density at radius 3 is 2.55 bits per heavy atom. The highest BCUT2D eigenvalue weighted by Gasteiger charge is 2.29. The van der Waals surface area contributed by atoms with Crippen LogP contribution in [0, 0.1) is 0 Å². The lowest BCUT2D eigenvalue weighted by atomic mass is 10.2. The number of para-hydroxylation sites is 2. The van der Waals surface area contributed by atoms with Gasteiger partial charge in [0.05, 0.1) is 21.5 Å². The van der Waals surface area contributed by atoms with Gasteiger partial charge < -0.3 is 10.3 Å². The number of anilines is 1. The summed E-state index contributed by atoms with van der Waals surface area (Å²) in [4.78, 5) is 30.5. The van der Waals surface area contributed by atoms with Crippen molar-refractivity contribution in [2.75, 3.05) is 5.32 Å². The van der Waals surface area contributed by atoms with Crippen LogP contribution < -0.4 is 10.9 Å². The largest absolute Gasteiger partial charge is 0.341 e. The number of carbonyl (C=O) groups excluding carboxylic acids is 1. The van der Waals surface area contributed by atoms with Crippen LogP contribution in [0.5, 0.6) is 0 Å². The minimum absolute atomic E-state index is 0.0143. The highest BCUT2D eigenvalue weighted by molar-refractivity contribution is 7.91. The molecule has 152 valence electrons. The average Bonchev–Trinajstić information content (AvgIpc) is 2.68. The molecule has 0 radical (unpaired) electrons. The summed E-state index contributed by atoms with van der Waals surface area (Å²) in [6, 6.07) is 11.9. The minimum atomic E-state index is -4.84. The predicted molar refractivity (Wildman–Crippen MR) is 104 cm³/mol. The van der Waals surface area contributed by atoms with E-state index in [9.17, 15) is 26.8 Å². The van der Waals surface area contributed by atoms with Gasteiger partial charge in [-0.1, -0.05) is 24.3 Å². The number of hydrogen-bond acceptors (Lipinski definition) is 5. The molecular formula is C19H17F2N3O4S. The predicted octanol–water partition coefficient (Wildman–Crippen LogP) is 2.88. The molecule has 10 heteroatoms. The van der Waals surface area contributed by atoms with Crippen LogP contribution in [0.15, 0.2) is 58.2 Å². The molecule has 1 amide bonds. The van der Waals surface area contributed by atoms with Crippen molar-refractivity contribution in [2.24, 2.45) is 0 Å². The smallest absolute Gasteiger partial charge is 0.325 e. The third-order valence-corrected chi connectivity index (χ3v) is 5.62. The maximum atomic E-state index is 12.8. The first kappa shape index (κ1) is 20.6. The third-order valence-electron chi connectivity index (χ3n) is 4.18. The molecule has 2 aromatic carbocycles. The molecule has 0 unspecified atom stereocenters.